The van der Waals surface area contributed by atoms with Crippen LogP contribution in [0.25, 0.3) is 0 Å². The van der Waals surface area contributed by atoms with E-state index in [-0.39, 0.29) is 0 Å². The summed E-state index contributed by atoms with van der Waals surface area (Å²) in [5, 5.41) is 3.82. The van der Waals surface area contributed by atoms with Gasteiger partial charge in [-0.1, -0.05) is 0 Å². The molecule has 1 aliphatic heterocycles. The van der Waals surface area contributed by atoms with Crippen molar-refractivity contribution in [2.24, 2.45) is 5.92 Å². The molecular weight excluding hydrogens is 174 g/mol. The Labute approximate surface area is 76.9 Å². The van der Waals surface area contributed by atoms with Crippen molar-refractivity contribution in [1.29, 1.82) is 0 Å². The van der Waals surface area contributed by atoms with E-state index in [4.69, 9.17) is 16.0 Å². The summed E-state index contributed by atoms with van der Waals surface area (Å²) in [6.45, 7) is 2.25. The molecule has 2 nitrogen and oxygen atoms in total. The van der Waals surface area contributed by atoms with Crippen molar-refractivity contribution in [2.75, 3.05) is 13.1 Å². The first kappa shape index (κ1) is 8.14. The maximum absolute atomic E-state index is 5.66. The molecule has 0 bridgehead atoms. The minimum atomic E-state index is 0.496. The van der Waals surface area contributed by atoms with Gasteiger partial charge < -0.3 is 9.73 Å². The smallest absolute Gasteiger partial charge is 0.193 e. The first-order valence-electron chi connectivity index (χ1n) is 4.29. The zero-order chi connectivity index (χ0) is 8.39. The number of rotatable bonds is 2. The molecule has 1 aromatic heterocycles. The molecule has 12 heavy (non-hydrogen) atoms. The molecule has 3 heteroatoms. The van der Waals surface area contributed by atoms with Crippen molar-refractivity contribution in [3.05, 3.63) is 23.1 Å². The number of nitrogens with one attached hydrogen (secondary N) is 1. The highest BCUT2D eigenvalue weighted by atomic mass is 35.5. The molecule has 2 heterocycles. The molecule has 0 spiro atoms. The molecular formula is C9H12ClNO. The van der Waals surface area contributed by atoms with E-state index in [0.29, 0.717) is 5.22 Å². The number of halogens is 1. The van der Waals surface area contributed by atoms with E-state index in [1.807, 2.05) is 6.07 Å². The highest BCUT2D eigenvalue weighted by Gasteiger charge is 2.16. The summed E-state index contributed by atoms with van der Waals surface area (Å²) in [4.78, 5) is 0. The minimum absolute atomic E-state index is 0.496. The van der Waals surface area contributed by atoms with Crippen LogP contribution in [0.2, 0.25) is 5.22 Å². The summed E-state index contributed by atoms with van der Waals surface area (Å²) in [7, 11) is 0. The summed E-state index contributed by atoms with van der Waals surface area (Å²) >= 11 is 5.66. The van der Waals surface area contributed by atoms with Crippen LogP contribution in [0.5, 0.6) is 0 Å². The predicted molar refractivity (Wildman–Crippen MR) is 48.4 cm³/mol. The first-order chi connectivity index (χ1) is 5.84. The highest BCUT2D eigenvalue weighted by molar-refractivity contribution is 6.28. The Morgan fingerprint density at radius 2 is 2.50 bits per heavy atom. The van der Waals surface area contributed by atoms with Crippen molar-refractivity contribution < 1.29 is 4.42 Å². The fraction of sp³-hybridized carbons (Fsp3) is 0.556. The number of hydrogen-bond acceptors (Lipinski definition) is 2. The van der Waals surface area contributed by atoms with Crippen LogP contribution < -0.4 is 5.32 Å². The van der Waals surface area contributed by atoms with E-state index in [0.717, 1.165) is 31.2 Å². The second-order valence-electron chi connectivity index (χ2n) is 3.27. The molecule has 1 fully saturated rings. The van der Waals surface area contributed by atoms with Gasteiger partial charge in [0.2, 0.25) is 0 Å². The summed E-state index contributed by atoms with van der Waals surface area (Å²) in [5.41, 5.74) is 0. The van der Waals surface area contributed by atoms with Crippen LogP contribution >= 0.6 is 11.6 Å². The fourth-order valence-corrected chi connectivity index (χ4v) is 1.80. The predicted octanol–water partition coefficient (Wildman–Crippen LogP) is 2.08. The number of furan rings is 1. The van der Waals surface area contributed by atoms with Crippen molar-refractivity contribution >= 4 is 11.6 Å². The quantitative estimate of drug-likeness (QED) is 0.764. The summed E-state index contributed by atoms with van der Waals surface area (Å²) < 4.78 is 5.28. The first-order valence-corrected chi connectivity index (χ1v) is 4.67. The molecule has 0 radical (unpaired) electrons. The van der Waals surface area contributed by atoms with Gasteiger partial charge in [0.25, 0.3) is 0 Å². The molecule has 1 N–H and O–H groups in total. The highest BCUT2D eigenvalue weighted by Crippen LogP contribution is 2.19. The lowest BCUT2D eigenvalue weighted by Gasteiger charge is -2.03. The Hall–Kier alpha value is -0.470. The van der Waals surface area contributed by atoms with Gasteiger partial charge >= 0.3 is 0 Å². The lowest BCUT2D eigenvalue weighted by atomic mass is 10.0. The zero-order valence-corrected chi connectivity index (χ0v) is 7.60. The maximum atomic E-state index is 5.66. The summed E-state index contributed by atoms with van der Waals surface area (Å²) in [5.74, 6) is 1.74. The van der Waals surface area contributed by atoms with Crippen LogP contribution in [0.15, 0.2) is 16.5 Å². The average Bonchev–Trinajstić information content (AvgIpc) is 2.63. The normalized spacial score (nSPS) is 23.2. The van der Waals surface area contributed by atoms with Crippen molar-refractivity contribution in [1.82, 2.24) is 5.32 Å². The van der Waals surface area contributed by atoms with Gasteiger partial charge in [0, 0.05) is 6.42 Å². The van der Waals surface area contributed by atoms with Gasteiger partial charge in [-0.05, 0) is 49.2 Å². The molecule has 0 aromatic carbocycles. The van der Waals surface area contributed by atoms with Crippen molar-refractivity contribution in [3.63, 3.8) is 0 Å². The Bertz CT molecular complexity index is 253. The molecule has 66 valence electrons. The van der Waals surface area contributed by atoms with Gasteiger partial charge in [0.05, 0.1) is 0 Å². The third-order valence-corrected chi connectivity index (χ3v) is 2.48. The Morgan fingerprint density at radius 1 is 1.58 bits per heavy atom. The maximum Gasteiger partial charge on any atom is 0.193 e. The minimum Gasteiger partial charge on any atom is -0.450 e. The molecule has 1 saturated heterocycles. The molecule has 1 atom stereocenters. The second-order valence-corrected chi connectivity index (χ2v) is 3.64. The third-order valence-electron chi connectivity index (χ3n) is 2.28. The Balaban J connectivity index is 1.94. The van der Waals surface area contributed by atoms with Gasteiger partial charge in [-0.3, -0.25) is 0 Å². The average molecular weight is 186 g/mol. The molecule has 0 aliphatic carbocycles. The van der Waals surface area contributed by atoms with Crippen LogP contribution in [-0.4, -0.2) is 13.1 Å². The van der Waals surface area contributed by atoms with E-state index in [9.17, 15) is 0 Å². The van der Waals surface area contributed by atoms with Gasteiger partial charge in [-0.2, -0.15) is 0 Å². The SMILES string of the molecule is Clc1ccc(CC2CCNC2)o1. The van der Waals surface area contributed by atoms with Crippen LogP contribution in [-0.2, 0) is 6.42 Å². The molecule has 0 amide bonds. The van der Waals surface area contributed by atoms with Gasteiger partial charge in [0.15, 0.2) is 5.22 Å². The van der Waals surface area contributed by atoms with Crippen LogP contribution in [0.3, 0.4) is 0 Å². The van der Waals surface area contributed by atoms with E-state index >= 15 is 0 Å². The van der Waals surface area contributed by atoms with Crippen molar-refractivity contribution in [2.45, 2.75) is 12.8 Å². The van der Waals surface area contributed by atoms with Crippen molar-refractivity contribution in [3.8, 4) is 0 Å². The topological polar surface area (TPSA) is 25.2 Å². The summed E-state index contributed by atoms with van der Waals surface area (Å²) in [6, 6.07) is 3.76. The molecule has 1 unspecified atom stereocenters. The van der Waals surface area contributed by atoms with Crippen LogP contribution in [0, 0.1) is 5.92 Å². The van der Waals surface area contributed by atoms with Gasteiger partial charge in [-0.15, -0.1) is 0 Å². The van der Waals surface area contributed by atoms with Gasteiger partial charge in [0.1, 0.15) is 5.76 Å². The van der Waals surface area contributed by atoms with Crippen LogP contribution in [0.4, 0.5) is 0 Å². The molecule has 0 saturated carbocycles. The fourth-order valence-electron chi connectivity index (χ4n) is 1.63. The third kappa shape index (κ3) is 1.82. The number of hydrogen-bond donors (Lipinski definition) is 1. The largest absolute Gasteiger partial charge is 0.450 e. The van der Waals surface area contributed by atoms with E-state index in [1.165, 1.54) is 6.42 Å². The molecule has 1 aromatic rings. The molecule has 1 aliphatic rings. The standard InChI is InChI=1S/C9H12ClNO/c10-9-2-1-8(12-9)5-7-3-4-11-6-7/h1-2,7,11H,3-6H2. The Kier molecular flexibility index (Phi) is 2.38. The lowest BCUT2D eigenvalue weighted by Crippen LogP contribution is -2.10. The second kappa shape index (κ2) is 3.50. The molecule has 2 rings (SSSR count). The summed E-state index contributed by atoms with van der Waals surface area (Å²) in [6.07, 6.45) is 2.26. The Morgan fingerprint density at radius 3 is 3.08 bits per heavy atom. The lowest BCUT2D eigenvalue weighted by molar-refractivity contribution is 0.457. The van der Waals surface area contributed by atoms with E-state index in [1.54, 1.807) is 6.07 Å². The zero-order valence-electron chi connectivity index (χ0n) is 6.85. The van der Waals surface area contributed by atoms with Crippen LogP contribution in [0.1, 0.15) is 12.2 Å². The van der Waals surface area contributed by atoms with E-state index in [2.05, 4.69) is 5.32 Å². The van der Waals surface area contributed by atoms with Gasteiger partial charge in [-0.25, -0.2) is 0 Å². The van der Waals surface area contributed by atoms with E-state index < -0.39 is 0 Å². The monoisotopic (exact) mass is 185 g/mol.